The van der Waals surface area contributed by atoms with Gasteiger partial charge in [0.1, 0.15) is 0 Å². The summed E-state index contributed by atoms with van der Waals surface area (Å²) in [7, 11) is 3.50. The molecule has 0 bridgehead atoms. The molecule has 0 aliphatic rings. The molecule has 21 heavy (non-hydrogen) atoms. The molecule has 0 spiro atoms. The van der Waals surface area contributed by atoms with E-state index < -0.39 is 6.65 Å². The highest BCUT2D eigenvalue weighted by atomic mass is 35.5. The Labute approximate surface area is 136 Å². The molecule has 1 aromatic carbocycles. The third kappa shape index (κ3) is 5.33. The van der Waals surface area contributed by atoms with E-state index in [-0.39, 0.29) is 0 Å². The van der Waals surface area contributed by atoms with Gasteiger partial charge in [-0.25, -0.2) is 10.1 Å². The van der Waals surface area contributed by atoms with Gasteiger partial charge in [-0.1, -0.05) is 36.8 Å². The van der Waals surface area contributed by atoms with Crippen molar-refractivity contribution in [3.8, 4) is 0 Å². The van der Waals surface area contributed by atoms with Crippen LogP contribution in [0.1, 0.15) is 25.8 Å². The van der Waals surface area contributed by atoms with Crippen molar-refractivity contribution in [1.82, 2.24) is 9.76 Å². The lowest BCUT2D eigenvalue weighted by Gasteiger charge is -2.27. The van der Waals surface area contributed by atoms with Gasteiger partial charge < -0.3 is 0 Å². The Morgan fingerprint density at radius 3 is 2.76 bits per heavy atom. The van der Waals surface area contributed by atoms with E-state index in [4.69, 9.17) is 11.6 Å². The molecule has 0 aliphatic heterocycles. The standard InChI is InChI=1S/C14H23ClN3OPS/c1-6-12(3)21-20(19,16-4)18(5)10-17-14-8-7-13(15)9-11(14)2/h7-10,12H,6H2,1-5H3,(H,16,19). The zero-order chi connectivity index (χ0) is 16.0. The van der Waals surface area contributed by atoms with Crippen LogP contribution in [0, 0.1) is 6.92 Å². The van der Waals surface area contributed by atoms with Gasteiger partial charge in [0.25, 0.3) is 6.65 Å². The number of halogens is 1. The molecule has 0 saturated carbocycles. The number of nitrogens with one attached hydrogen (secondary N) is 1. The molecule has 2 unspecified atom stereocenters. The Morgan fingerprint density at radius 1 is 1.57 bits per heavy atom. The first-order valence-electron chi connectivity index (χ1n) is 6.83. The predicted molar refractivity (Wildman–Crippen MR) is 96.1 cm³/mol. The SMILES string of the molecule is CCC(C)SP(=O)(NC)N(C)C=Nc1ccc(Cl)cc1C. The van der Waals surface area contributed by atoms with Gasteiger partial charge in [-0.2, -0.15) is 0 Å². The minimum Gasteiger partial charge on any atom is -0.297 e. The van der Waals surface area contributed by atoms with Crippen LogP contribution in [0.5, 0.6) is 0 Å². The van der Waals surface area contributed by atoms with Gasteiger partial charge in [0.05, 0.1) is 12.0 Å². The van der Waals surface area contributed by atoms with Crippen molar-refractivity contribution in [2.75, 3.05) is 14.1 Å². The lowest BCUT2D eigenvalue weighted by atomic mass is 10.2. The Hall–Kier alpha value is -0.480. The Bertz CT molecular complexity index is 553. The number of benzene rings is 1. The molecular weight excluding hydrogens is 325 g/mol. The summed E-state index contributed by atoms with van der Waals surface area (Å²) >= 11 is 7.38. The first kappa shape index (κ1) is 18.6. The molecule has 1 N–H and O–H groups in total. The summed E-state index contributed by atoms with van der Waals surface area (Å²) in [6.07, 6.45) is 2.58. The molecule has 0 aromatic heterocycles. The number of nitrogens with zero attached hydrogens (tertiary/aromatic N) is 2. The van der Waals surface area contributed by atoms with Crippen LogP contribution in [-0.4, -0.2) is 30.4 Å². The minimum atomic E-state index is -2.70. The van der Waals surface area contributed by atoms with E-state index in [0.717, 1.165) is 17.7 Å². The summed E-state index contributed by atoms with van der Waals surface area (Å²) in [5.74, 6) is 0. The molecule has 0 saturated heterocycles. The fourth-order valence-electron chi connectivity index (χ4n) is 1.58. The number of aryl methyl sites for hydroxylation is 1. The van der Waals surface area contributed by atoms with Crippen molar-refractivity contribution in [3.05, 3.63) is 28.8 Å². The average Bonchev–Trinajstić information content (AvgIpc) is 2.45. The van der Waals surface area contributed by atoms with Crippen LogP contribution in [-0.2, 0) is 4.57 Å². The molecule has 1 aromatic rings. The summed E-state index contributed by atoms with van der Waals surface area (Å²) in [4.78, 5) is 4.41. The van der Waals surface area contributed by atoms with Crippen LogP contribution in [0.15, 0.2) is 23.2 Å². The highest BCUT2D eigenvalue weighted by Crippen LogP contribution is 2.58. The van der Waals surface area contributed by atoms with E-state index in [0.29, 0.717) is 10.3 Å². The Kier molecular flexibility index (Phi) is 7.28. The van der Waals surface area contributed by atoms with Crippen LogP contribution < -0.4 is 5.09 Å². The van der Waals surface area contributed by atoms with Gasteiger partial charge in [0.15, 0.2) is 0 Å². The van der Waals surface area contributed by atoms with Crippen LogP contribution in [0.25, 0.3) is 0 Å². The maximum Gasteiger partial charge on any atom is 0.293 e. The summed E-state index contributed by atoms with van der Waals surface area (Å²) in [6, 6.07) is 5.51. The molecule has 0 amide bonds. The highest BCUT2D eigenvalue weighted by molar-refractivity contribution is 8.57. The highest BCUT2D eigenvalue weighted by Gasteiger charge is 2.27. The van der Waals surface area contributed by atoms with Gasteiger partial charge in [-0.05, 0) is 44.2 Å². The number of hydrogen-bond acceptors (Lipinski definition) is 3. The first-order valence-corrected chi connectivity index (χ1v) is 10.4. The third-order valence-electron chi connectivity index (χ3n) is 3.12. The third-order valence-corrected chi connectivity index (χ3v) is 9.09. The van der Waals surface area contributed by atoms with Crippen LogP contribution in [0.4, 0.5) is 5.69 Å². The topological polar surface area (TPSA) is 44.7 Å². The maximum atomic E-state index is 12.9. The molecule has 1 rings (SSSR count). The minimum absolute atomic E-state index is 0.316. The number of hydrogen-bond donors (Lipinski definition) is 1. The lowest BCUT2D eigenvalue weighted by molar-refractivity contribution is 0.551. The second-order valence-corrected chi connectivity index (χ2v) is 10.5. The largest absolute Gasteiger partial charge is 0.297 e. The smallest absolute Gasteiger partial charge is 0.293 e. The van der Waals surface area contributed by atoms with E-state index in [2.05, 4.69) is 23.9 Å². The van der Waals surface area contributed by atoms with Gasteiger partial charge in [0, 0.05) is 17.3 Å². The number of aliphatic imine (C=N–C) groups is 1. The maximum absolute atomic E-state index is 12.9. The van der Waals surface area contributed by atoms with Crippen molar-refractivity contribution in [3.63, 3.8) is 0 Å². The normalized spacial score (nSPS) is 15.9. The molecule has 7 heteroatoms. The summed E-state index contributed by atoms with van der Waals surface area (Å²) in [6.45, 7) is 3.41. The molecular formula is C14H23ClN3OPS. The van der Waals surface area contributed by atoms with E-state index in [1.807, 2.05) is 19.1 Å². The molecule has 4 nitrogen and oxygen atoms in total. The first-order chi connectivity index (χ1) is 9.82. The molecule has 0 aliphatic carbocycles. The van der Waals surface area contributed by atoms with E-state index in [1.165, 1.54) is 11.4 Å². The van der Waals surface area contributed by atoms with Crippen molar-refractivity contribution in [1.29, 1.82) is 0 Å². The summed E-state index contributed by atoms with van der Waals surface area (Å²) in [5.41, 5.74) is 1.81. The van der Waals surface area contributed by atoms with E-state index in [1.54, 1.807) is 31.2 Å². The monoisotopic (exact) mass is 347 g/mol. The van der Waals surface area contributed by atoms with Crippen LogP contribution in [0.2, 0.25) is 5.02 Å². The van der Waals surface area contributed by atoms with Crippen molar-refractivity contribution >= 4 is 41.7 Å². The fourth-order valence-corrected chi connectivity index (χ4v) is 6.00. The predicted octanol–water partition coefficient (Wildman–Crippen LogP) is 5.10. The molecule has 0 heterocycles. The number of rotatable bonds is 7. The van der Waals surface area contributed by atoms with Crippen molar-refractivity contribution in [2.24, 2.45) is 4.99 Å². The molecule has 2 atom stereocenters. The zero-order valence-corrected chi connectivity index (χ0v) is 15.6. The second kappa shape index (κ2) is 8.23. The van der Waals surface area contributed by atoms with Crippen LogP contribution in [0.3, 0.4) is 0 Å². The quantitative estimate of drug-likeness (QED) is 0.423. The van der Waals surface area contributed by atoms with Gasteiger partial charge in [0.2, 0.25) is 0 Å². The van der Waals surface area contributed by atoms with Crippen LogP contribution >= 0.6 is 29.6 Å². The second-order valence-electron chi connectivity index (χ2n) is 4.82. The Morgan fingerprint density at radius 2 is 2.24 bits per heavy atom. The molecule has 0 radical (unpaired) electrons. The summed E-state index contributed by atoms with van der Waals surface area (Å²) < 4.78 is 14.5. The fraction of sp³-hybridized carbons (Fsp3) is 0.500. The van der Waals surface area contributed by atoms with Gasteiger partial charge in [-0.15, -0.1) is 0 Å². The van der Waals surface area contributed by atoms with E-state index in [9.17, 15) is 4.57 Å². The van der Waals surface area contributed by atoms with E-state index >= 15 is 0 Å². The summed E-state index contributed by atoms with van der Waals surface area (Å²) in [5, 5.41) is 3.94. The molecule has 0 fully saturated rings. The van der Waals surface area contributed by atoms with Crippen molar-refractivity contribution < 1.29 is 4.57 Å². The lowest BCUT2D eigenvalue weighted by Crippen LogP contribution is -2.20. The van der Waals surface area contributed by atoms with Gasteiger partial charge in [-0.3, -0.25) is 9.24 Å². The van der Waals surface area contributed by atoms with Gasteiger partial charge >= 0.3 is 0 Å². The van der Waals surface area contributed by atoms with Crippen molar-refractivity contribution in [2.45, 2.75) is 32.4 Å². The zero-order valence-electron chi connectivity index (χ0n) is 13.1. The Balaban J connectivity index is 2.89. The molecule has 118 valence electrons. The average molecular weight is 348 g/mol.